The van der Waals surface area contributed by atoms with Gasteiger partial charge in [-0.25, -0.2) is 19.9 Å². The van der Waals surface area contributed by atoms with Crippen LogP contribution in [0.5, 0.6) is 5.75 Å². The summed E-state index contributed by atoms with van der Waals surface area (Å²) in [6.45, 7) is 0. The summed E-state index contributed by atoms with van der Waals surface area (Å²) >= 11 is 0. The molecule has 0 saturated carbocycles. The van der Waals surface area contributed by atoms with E-state index in [2.05, 4.69) is 24.9 Å². The van der Waals surface area contributed by atoms with Crippen LogP contribution in [0.3, 0.4) is 0 Å². The first-order chi connectivity index (χ1) is 10.1. The van der Waals surface area contributed by atoms with Crippen molar-refractivity contribution in [3.05, 3.63) is 36.8 Å². The molecule has 8 nitrogen and oxygen atoms in total. The Hall–Kier alpha value is -3.29. The minimum Gasteiger partial charge on any atom is -0.506 e. The van der Waals surface area contributed by atoms with E-state index in [0.29, 0.717) is 22.6 Å². The van der Waals surface area contributed by atoms with Gasteiger partial charge in [-0.15, -0.1) is 0 Å². The SMILES string of the molecule is Nc1nccc(-c2cc(-c3ccnc(N)n3)c(O)cn2)n1. The van der Waals surface area contributed by atoms with Crippen molar-refractivity contribution in [2.75, 3.05) is 11.5 Å². The quantitative estimate of drug-likeness (QED) is 0.629. The van der Waals surface area contributed by atoms with Gasteiger partial charge >= 0.3 is 0 Å². The fourth-order valence-electron chi connectivity index (χ4n) is 1.83. The zero-order valence-electron chi connectivity index (χ0n) is 10.8. The van der Waals surface area contributed by atoms with Gasteiger partial charge in [0, 0.05) is 18.0 Å². The van der Waals surface area contributed by atoms with E-state index in [1.54, 1.807) is 18.2 Å². The molecule has 0 aliphatic carbocycles. The van der Waals surface area contributed by atoms with Crippen LogP contribution in [0.2, 0.25) is 0 Å². The van der Waals surface area contributed by atoms with Gasteiger partial charge in [0.05, 0.1) is 23.3 Å². The summed E-state index contributed by atoms with van der Waals surface area (Å²) in [5.74, 6) is 0.255. The molecule has 0 bridgehead atoms. The molecular weight excluding hydrogens is 270 g/mol. The van der Waals surface area contributed by atoms with Crippen LogP contribution in [0.4, 0.5) is 11.9 Å². The summed E-state index contributed by atoms with van der Waals surface area (Å²) in [4.78, 5) is 19.9. The molecule has 0 amide bonds. The zero-order chi connectivity index (χ0) is 14.8. The average Bonchev–Trinajstić information content (AvgIpc) is 2.47. The first-order valence-electron chi connectivity index (χ1n) is 6.00. The van der Waals surface area contributed by atoms with Crippen LogP contribution in [0.1, 0.15) is 0 Å². The second-order valence-corrected chi connectivity index (χ2v) is 4.19. The Kier molecular flexibility index (Phi) is 3.03. The highest BCUT2D eigenvalue weighted by Gasteiger charge is 2.11. The maximum atomic E-state index is 9.96. The number of nitrogens with two attached hydrogens (primary N) is 2. The third kappa shape index (κ3) is 2.54. The van der Waals surface area contributed by atoms with Crippen molar-refractivity contribution in [3.8, 4) is 28.4 Å². The minimum atomic E-state index is -0.0149. The molecule has 0 spiro atoms. The highest BCUT2D eigenvalue weighted by molar-refractivity contribution is 5.72. The number of rotatable bonds is 2. The molecule has 3 aromatic heterocycles. The normalized spacial score (nSPS) is 10.5. The van der Waals surface area contributed by atoms with Crippen molar-refractivity contribution in [3.63, 3.8) is 0 Å². The van der Waals surface area contributed by atoms with Gasteiger partial charge in [0.1, 0.15) is 5.75 Å². The fraction of sp³-hybridized carbons (Fsp3) is 0. The fourth-order valence-corrected chi connectivity index (χ4v) is 1.83. The summed E-state index contributed by atoms with van der Waals surface area (Å²) in [6.07, 6.45) is 4.37. The Bertz CT molecular complexity index is 806. The lowest BCUT2D eigenvalue weighted by Gasteiger charge is -2.07. The molecule has 3 rings (SSSR count). The molecule has 8 heteroatoms. The number of aromatic hydroxyl groups is 1. The van der Waals surface area contributed by atoms with Gasteiger partial charge < -0.3 is 16.6 Å². The highest BCUT2D eigenvalue weighted by atomic mass is 16.3. The van der Waals surface area contributed by atoms with Crippen molar-refractivity contribution in [1.29, 1.82) is 0 Å². The Morgan fingerprint density at radius 1 is 0.810 bits per heavy atom. The van der Waals surface area contributed by atoms with Crippen molar-refractivity contribution in [2.45, 2.75) is 0 Å². The molecule has 0 radical (unpaired) electrons. The third-order valence-corrected chi connectivity index (χ3v) is 2.77. The molecule has 0 aliphatic rings. The molecule has 0 aliphatic heterocycles. The van der Waals surface area contributed by atoms with Gasteiger partial charge in [-0.1, -0.05) is 0 Å². The topological polar surface area (TPSA) is 137 Å². The number of hydrogen-bond donors (Lipinski definition) is 3. The molecule has 21 heavy (non-hydrogen) atoms. The van der Waals surface area contributed by atoms with Crippen LogP contribution in [-0.4, -0.2) is 30.0 Å². The van der Waals surface area contributed by atoms with Crippen LogP contribution >= 0.6 is 0 Å². The Morgan fingerprint density at radius 2 is 1.43 bits per heavy atom. The molecular formula is C13H11N7O. The largest absolute Gasteiger partial charge is 0.506 e. The number of hydrogen-bond acceptors (Lipinski definition) is 8. The van der Waals surface area contributed by atoms with Gasteiger partial charge in [-0.05, 0) is 18.2 Å². The molecule has 0 fully saturated rings. The summed E-state index contributed by atoms with van der Waals surface area (Å²) in [5, 5.41) is 9.96. The maximum absolute atomic E-state index is 9.96. The lowest BCUT2D eigenvalue weighted by atomic mass is 10.1. The molecule has 3 aromatic rings. The predicted octanol–water partition coefficient (Wildman–Crippen LogP) is 0.866. The first-order valence-corrected chi connectivity index (χ1v) is 6.00. The summed E-state index contributed by atoms with van der Waals surface area (Å²) in [5.41, 5.74) is 13.2. The highest BCUT2D eigenvalue weighted by Crippen LogP contribution is 2.30. The third-order valence-electron chi connectivity index (χ3n) is 2.77. The van der Waals surface area contributed by atoms with Crippen LogP contribution in [0.25, 0.3) is 22.6 Å². The predicted molar refractivity (Wildman–Crippen MR) is 76.8 cm³/mol. The number of aromatic nitrogens is 5. The van der Waals surface area contributed by atoms with Crippen LogP contribution in [0, 0.1) is 0 Å². The van der Waals surface area contributed by atoms with Gasteiger partial charge in [0.15, 0.2) is 0 Å². The van der Waals surface area contributed by atoms with Crippen molar-refractivity contribution in [1.82, 2.24) is 24.9 Å². The van der Waals surface area contributed by atoms with Crippen LogP contribution < -0.4 is 11.5 Å². The lowest BCUT2D eigenvalue weighted by Crippen LogP contribution is -1.98. The molecule has 3 heterocycles. The van der Waals surface area contributed by atoms with Gasteiger partial charge in [-0.2, -0.15) is 0 Å². The van der Waals surface area contributed by atoms with Crippen molar-refractivity contribution in [2.24, 2.45) is 0 Å². The smallest absolute Gasteiger partial charge is 0.220 e. The number of nitrogens with zero attached hydrogens (tertiary/aromatic N) is 5. The Balaban J connectivity index is 2.12. The van der Waals surface area contributed by atoms with E-state index in [9.17, 15) is 5.11 Å². The molecule has 104 valence electrons. The van der Waals surface area contributed by atoms with Gasteiger partial charge in [0.2, 0.25) is 11.9 Å². The molecule has 5 N–H and O–H groups in total. The van der Waals surface area contributed by atoms with E-state index in [1.165, 1.54) is 18.6 Å². The number of nitrogen functional groups attached to an aromatic ring is 2. The number of anilines is 2. The zero-order valence-corrected chi connectivity index (χ0v) is 10.8. The van der Waals surface area contributed by atoms with E-state index in [-0.39, 0.29) is 17.6 Å². The standard InChI is InChI=1S/C13H11N7O/c14-12-16-3-1-8(19-12)7-5-10(18-6-11(7)21)9-2-4-17-13(15)20-9/h1-6,21H,(H2,14,16,19)(H2,15,17,20). The Morgan fingerprint density at radius 3 is 2.10 bits per heavy atom. The first kappa shape index (κ1) is 12.7. The Labute approximate surface area is 119 Å². The van der Waals surface area contributed by atoms with Crippen molar-refractivity contribution < 1.29 is 5.11 Å². The molecule has 0 saturated heterocycles. The van der Waals surface area contributed by atoms with E-state index >= 15 is 0 Å². The average molecular weight is 281 g/mol. The van der Waals surface area contributed by atoms with E-state index in [0.717, 1.165) is 0 Å². The van der Waals surface area contributed by atoms with E-state index in [1.807, 2.05) is 0 Å². The summed E-state index contributed by atoms with van der Waals surface area (Å²) < 4.78 is 0. The summed E-state index contributed by atoms with van der Waals surface area (Å²) in [7, 11) is 0. The monoisotopic (exact) mass is 281 g/mol. The van der Waals surface area contributed by atoms with Gasteiger partial charge in [0.25, 0.3) is 0 Å². The van der Waals surface area contributed by atoms with Crippen LogP contribution in [0.15, 0.2) is 36.8 Å². The van der Waals surface area contributed by atoms with E-state index in [4.69, 9.17) is 11.5 Å². The number of pyridine rings is 1. The van der Waals surface area contributed by atoms with Gasteiger partial charge in [-0.3, -0.25) is 4.98 Å². The molecule has 0 atom stereocenters. The minimum absolute atomic E-state index is 0.0149. The summed E-state index contributed by atoms with van der Waals surface area (Å²) in [6, 6.07) is 4.97. The van der Waals surface area contributed by atoms with E-state index < -0.39 is 0 Å². The second kappa shape index (κ2) is 5.00. The van der Waals surface area contributed by atoms with Crippen molar-refractivity contribution >= 4 is 11.9 Å². The van der Waals surface area contributed by atoms with Crippen LogP contribution in [-0.2, 0) is 0 Å². The molecule has 0 aromatic carbocycles. The second-order valence-electron chi connectivity index (χ2n) is 4.19. The lowest BCUT2D eigenvalue weighted by molar-refractivity contribution is 0.474. The molecule has 0 unspecified atom stereocenters. The maximum Gasteiger partial charge on any atom is 0.220 e.